The van der Waals surface area contributed by atoms with Crippen molar-refractivity contribution >= 4 is 23.1 Å². The van der Waals surface area contributed by atoms with E-state index in [1.54, 1.807) is 0 Å². The maximum Gasteiger partial charge on any atom is 0.0462 e. The Morgan fingerprint density at radius 3 is 1.21 bits per heavy atom. The summed E-state index contributed by atoms with van der Waals surface area (Å²) in [5, 5.41) is 0. The average Bonchev–Trinajstić information content (AvgIpc) is 2.80. The van der Waals surface area contributed by atoms with Gasteiger partial charge in [-0.15, -0.1) is 0 Å². The first-order chi connectivity index (χ1) is 14.2. The fourth-order valence-electron chi connectivity index (χ4n) is 2.65. The van der Waals surface area contributed by atoms with Crippen LogP contribution in [-0.2, 0) is 0 Å². The summed E-state index contributed by atoms with van der Waals surface area (Å²) < 4.78 is 0. The molecule has 156 valence electrons. The van der Waals surface area contributed by atoms with Crippen molar-refractivity contribution in [3.63, 3.8) is 0 Å². The second-order valence-electron chi connectivity index (χ2n) is 5.82. The lowest BCUT2D eigenvalue weighted by atomic mass is 10.1. The molecule has 29 heavy (non-hydrogen) atoms. The van der Waals surface area contributed by atoms with Gasteiger partial charge in [0.25, 0.3) is 0 Å². The molecule has 1 nitrogen and oxygen atoms in total. The Morgan fingerprint density at radius 1 is 0.517 bits per heavy atom. The average molecular weight is 390 g/mol. The van der Waals surface area contributed by atoms with Gasteiger partial charge in [-0.05, 0) is 55.8 Å². The predicted molar refractivity (Wildman–Crippen MR) is 134 cm³/mol. The van der Waals surface area contributed by atoms with Crippen molar-refractivity contribution < 1.29 is 0 Å². The Labute approximate surface area is 179 Å². The van der Waals surface area contributed by atoms with Gasteiger partial charge in [-0.1, -0.05) is 102 Å². The van der Waals surface area contributed by atoms with E-state index in [0.717, 1.165) is 17.1 Å². The summed E-state index contributed by atoms with van der Waals surface area (Å²) in [5.41, 5.74) is 6.02. The molecule has 0 aliphatic heterocycles. The number of allylic oxidation sites excluding steroid dienone is 1. The van der Waals surface area contributed by atoms with Crippen molar-refractivity contribution in [1.82, 2.24) is 0 Å². The molecule has 0 heterocycles. The van der Waals surface area contributed by atoms with Gasteiger partial charge in [0.1, 0.15) is 0 Å². The van der Waals surface area contributed by atoms with Crippen LogP contribution in [0.15, 0.2) is 90.5 Å². The lowest BCUT2D eigenvalue weighted by molar-refractivity contribution is 1.28. The third-order valence-electron chi connectivity index (χ3n) is 3.64. The first-order valence-electron chi connectivity index (χ1n) is 10.9. The molecule has 0 aliphatic rings. The minimum absolute atomic E-state index is 1.16. The molecule has 0 unspecified atom stereocenters. The van der Waals surface area contributed by atoms with Crippen LogP contribution in [0.5, 0.6) is 0 Å². The van der Waals surface area contributed by atoms with Crippen LogP contribution < -0.4 is 4.90 Å². The third-order valence-corrected chi connectivity index (χ3v) is 3.64. The summed E-state index contributed by atoms with van der Waals surface area (Å²) in [6.45, 7) is 16.2. The monoisotopic (exact) mass is 389 g/mol. The molecule has 0 N–H and O–H groups in total. The van der Waals surface area contributed by atoms with E-state index < -0.39 is 0 Å². The maximum atomic E-state index is 2.27. The molecule has 0 spiro atoms. The smallest absolute Gasteiger partial charge is 0.0462 e. The quantitative estimate of drug-likeness (QED) is 0.429. The Kier molecular flexibility index (Phi) is 14.6. The van der Waals surface area contributed by atoms with Gasteiger partial charge in [-0.3, -0.25) is 0 Å². The van der Waals surface area contributed by atoms with Crippen LogP contribution >= 0.6 is 0 Å². The van der Waals surface area contributed by atoms with Crippen LogP contribution in [0.4, 0.5) is 17.1 Å². The molecular weight excluding hydrogens is 350 g/mol. The van der Waals surface area contributed by atoms with E-state index >= 15 is 0 Å². The lowest BCUT2D eigenvalue weighted by Gasteiger charge is -2.25. The normalized spacial score (nSPS) is 8.69. The molecule has 0 aromatic heterocycles. The number of hydrogen-bond donors (Lipinski definition) is 0. The van der Waals surface area contributed by atoms with E-state index in [1.165, 1.54) is 11.1 Å². The van der Waals surface area contributed by atoms with Crippen molar-refractivity contribution in [2.45, 2.75) is 55.4 Å². The Bertz CT molecular complexity index is 728. The van der Waals surface area contributed by atoms with E-state index in [0.29, 0.717) is 0 Å². The fraction of sp³-hybridized carbons (Fsp3) is 0.286. The summed E-state index contributed by atoms with van der Waals surface area (Å²) in [4.78, 5) is 2.27. The fourth-order valence-corrected chi connectivity index (χ4v) is 2.65. The molecule has 0 aliphatic carbocycles. The van der Waals surface area contributed by atoms with Crippen molar-refractivity contribution in [2.75, 3.05) is 4.90 Å². The lowest BCUT2D eigenvalue weighted by Crippen LogP contribution is -2.09. The van der Waals surface area contributed by atoms with Gasteiger partial charge in [0, 0.05) is 17.1 Å². The molecule has 0 radical (unpaired) electrons. The highest BCUT2D eigenvalue weighted by molar-refractivity contribution is 5.76. The molecule has 3 aromatic carbocycles. The van der Waals surface area contributed by atoms with E-state index in [-0.39, 0.29) is 0 Å². The van der Waals surface area contributed by atoms with Crippen molar-refractivity contribution in [2.24, 2.45) is 0 Å². The maximum absolute atomic E-state index is 2.27. The number of rotatable bonds is 4. The van der Waals surface area contributed by atoms with Crippen LogP contribution in [0.3, 0.4) is 0 Å². The van der Waals surface area contributed by atoms with Crippen LogP contribution in [0, 0.1) is 0 Å². The zero-order valence-corrected chi connectivity index (χ0v) is 19.6. The van der Waals surface area contributed by atoms with Gasteiger partial charge in [-0.2, -0.15) is 0 Å². The van der Waals surface area contributed by atoms with Crippen molar-refractivity contribution in [1.29, 1.82) is 0 Å². The highest BCUT2D eigenvalue weighted by Crippen LogP contribution is 2.34. The van der Waals surface area contributed by atoms with Gasteiger partial charge in [0.15, 0.2) is 0 Å². The second kappa shape index (κ2) is 16.2. The molecule has 3 aromatic rings. The number of benzene rings is 3. The van der Waals surface area contributed by atoms with Gasteiger partial charge >= 0.3 is 0 Å². The molecule has 3 rings (SSSR count). The summed E-state index contributed by atoms with van der Waals surface area (Å²) in [6, 6.07) is 29.6. The summed E-state index contributed by atoms with van der Waals surface area (Å²) >= 11 is 0. The Balaban J connectivity index is 0.00000120. The van der Waals surface area contributed by atoms with Gasteiger partial charge < -0.3 is 4.90 Å². The minimum atomic E-state index is 1.16. The van der Waals surface area contributed by atoms with Gasteiger partial charge in [-0.25, -0.2) is 0 Å². The highest BCUT2D eigenvalue weighted by atomic mass is 15.1. The number of nitrogens with zero attached hydrogens (tertiary/aromatic N) is 1. The Hall–Kier alpha value is -2.80. The zero-order valence-electron chi connectivity index (χ0n) is 19.6. The first kappa shape index (κ1) is 26.2. The molecule has 0 saturated heterocycles. The first-order valence-corrected chi connectivity index (χ1v) is 10.9. The van der Waals surface area contributed by atoms with E-state index in [2.05, 4.69) is 97.6 Å². The topological polar surface area (TPSA) is 3.24 Å². The van der Waals surface area contributed by atoms with E-state index in [4.69, 9.17) is 0 Å². The summed E-state index contributed by atoms with van der Waals surface area (Å²) in [7, 11) is 0. The largest absolute Gasteiger partial charge is 0.311 e. The van der Waals surface area contributed by atoms with E-state index in [9.17, 15) is 0 Å². The number of anilines is 3. The molecule has 0 fully saturated rings. The second-order valence-corrected chi connectivity index (χ2v) is 5.82. The molecular formula is C28H39N. The van der Waals surface area contributed by atoms with Crippen LogP contribution in [0.1, 0.15) is 61.0 Å². The summed E-state index contributed by atoms with van der Waals surface area (Å²) in [6.07, 6.45) is 2.19. The molecule has 0 bridgehead atoms. The minimum Gasteiger partial charge on any atom is -0.311 e. The van der Waals surface area contributed by atoms with Gasteiger partial charge in [0.2, 0.25) is 0 Å². The SMILES string of the molecule is CC.CC.CC.CC(C)=Cc1ccc(N(c2ccccc2)c2ccccc2)cc1. The number of hydrogen-bond acceptors (Lipinski definition) is 1. The Morgan fingerprint density at radius 2 is 0.862 bits per heavy atom. The predicted octanol–water partition coefficient (Wildman–Crippen LogP) is 9.66. The zero-order chi connectivity index (χ0) is 22.1. The number of para-hydroxylation sites is 2. The van der Waals surface area contributed by atoms with Crippen LogP contribution in [0.2, 0.25) is 0 Å². The molecule has 1 heteroatoms. The van der Waals surface area contributed by atoms with Crippen LogP contribution in [-0.4, -0.2) is 0 Å². The molecule has 0 saturated carbocycles. The molecule has 0 atom stereocenters. The highest BCUT2D eigenvalue weighted by Gasteiger charge is 2.11. The summed E-state index contributed by atoms with van der Waals surface area (Å²) in [5.74, 6) is 0. The van der Waals surface area contributed by atoms with Crippen molar-refractivity contribution in [3.8, 4) is 0 Å². The van der Waals surface area contributed by atoms with Crippen molar-refractivity contribution in [3.05, 3.63) is 96.1 Å². The van der Waals surface area contributed by atoms with E-state index in [1.807, 2.05) is 53.7 Å². The van der Waals surface area contributed by atoms with Crippen LogP contribution in [0.25, 0.3) is 6.08 Å². The standard InChI is InChI=1S/C22H21N.3C2H6/c1-18(2)17-19-13-15-22(16-14-19)23(20-9-5-3-6-10-20)21-11-7-4-8-12-21;3*1-2/h3-17H,1-2H3;3*1-2H3. The third kappa shape index (κ3) is 8.83. The molecule has 0 amide bonds. The van der Waals surface area contributed by atoms with Gasteiger partial charge in [0.05, 0.1) is 0 Å².